The lowest BCUT2D eigenvalue weighted by molar-refractivity contribution is -0.137. The number of likely N-dealkylation sites (tertiary alicyclic amines) is 1. The lowest BCUT2D eigenvalue weighted by atomic mass is 9.81. The monoisotopic (exact) mass is 481 g/mol. The number of nitrogens with one attached hydrogen (secondary N) is 1. The third-order valence-electron chi connectivity index (χ3n) is 7.18. The molecule has 0 unspecified atom stereocenters. The van der Waals surface area contributed by atoms with E-state index in [0.29, 0.717) is 12.2 Å². The number of fused-ring (bicyclic) bond motifs is 3. The Bertz CT molecular complexity index is 1210. The standard InChI is InChI=1S/C27H26F3N3O2/c1-32-23-12-7-18(17-5-3-2-4-6-17)15-22(23)25-21(24(32)16-34)13-14-33(25)26(35)31-20-10-8-19(9-11-20)27(28,29)30/h2-12,15,21,24-25,34H,13-14,16H2,1H3,(H,31,35)/t21-,24+,25-/m0/s1. The molecule has 5 rings (SSSR count). The van der Waals surface area contributed by atoms with Crippen molar-refractivity contribution in [2.45, 2.75) is 24.7 Å². The predicted octanol–water partition coefficient (Wildman–Crippen LogP) is 5.78. The van der Waals surface area contributed by atoms with E-state index < -0.39 is 11.7 Å². The number of hydrogen-bond acceptors (Lipinski definition) is 3. The number of nitrogens with zero attached hydrogens (tertiary/aromatic N) is 2. The number of carbonyl (C=O) groups is 1. The first kappa shape index (κ1) is 23.2. The van der Waals surface area contributed by atoms with E-state index in [1.54, 1.807) is 4.90 Å². The zero-order valence-corrected chi connectivity index (χ0v) is 19.2. The Balaban J connectivity index is 1.47. The van der Waals surface area contributed by atoms with Gasteiger partial charge >= 0.3 is 12.2 Å². The third-order valence-corrected chi connectivity index (χ3v) is 7.18. The maximum atomic E-state index is 13.3. The number of halogens is 3. The van der Waals surface area contributed by atoms with Crippen LogP contribution in [0.25, 0.3) is 11.1 Å². The van der Waals surface area contributed by atoms with Crippen molar-refractivity contribution in [3.63, 3.8) is 0 Å². The van der Waals surface area contributed by atoms with Crippen molar-refractivity contribution in [1.82, 2.24) is 4.90 Å². The van der Waals surface area contributed by atoms with Gasteiger partial charge in [-0.25, -0.2) is 4.79 Å². The van der Waals surface area contributed by atoms with Gasteiger partial charge < -0.3 is 20.2 Å². The molecule has 2 heterocycles. The number of likely N-dealkylation sites (N-methyl/N-ethyl adjacent to an activating group) is 1. The number of anilines is 2. The number of rotatable bonds is 3. The fourth-order valence-corrected chi connectivity index (χ4v) is 5.43. The predicted molar refractivity (Wildman–Crippen MR) is 129 cm³/mol. The van der Waals surface area contributed by atoms with Gasteiger partial charge in [-0.15, -0.1) is 0 Å². The number of aliphatic hydroxyl groups excluding tert-OH is 1. The maximum Gasteiger partial charge on any atom is 0.416 e. The summed E-state index contributed by atoms with van der Waals surface area (Å²) in [6, 6.07) is 19.8. The van der Waals surface area contributed by atoms with Gasteiger partial charge in [0, 0.05) is 30.9 Å². The van der Waals surface area contributed by atoms with Crippen LogP contribution in [0.4, 0.5) is 29.3 Å². The molecule has 3 aromatic carbocycles. The Labute approximate surface area is 201 Å². The molecule has 0 saturated carbocycles. The van der Waals surface area contributed by atoms with E-state index in [4.69, 9.17) is 0 Å². The number of alkyl halides is 3. The largest absolute Gasteiger partial charge is 0.416 e. The molecule has 3 atom stereocenters. The van der Waals surface area contributed by atoms with Crippen LogP contribution in [-0.2, 0) is 6.18 Å². The zero-order chi connectivity index (χ0) is 24.7. The summed E-state index contributed by atoms with van der Waals surface area (Å²) in [5, 5.41) is 12.9. The first-order chi connectivity index (χ1) is 16.8. The minimum absolute atomic E-state index is 0.0295. The van der Waals surface area contributed by atoms with Crippen molar-refractivity contribution in [2.24, 2.45) is 5.92 Å². The molecule has 35 heavy (non-hydrogen) atoms. The van der Waals surface area contributed by atoms with Crippen LogP contribution in [0.3, 0.4) is 0 Å². The number of carbonyl (C=O) groups excluding carboxylic acids is 1. The summed E-state index contributed by atoms with van der Waals surface area (Å²) in [5.41, 5.74) is 3.60. The Morgan fingerprint density at radius 3 is 2.40 bits per heavy atom. The lowest BCUT2D eigenvalue weighted by Crippen LogP contribution is -2.48. The van der Waals surface area contributed by atoms with Crippen LogP contribution in [0, 0.1) is 5.92 Å². The quantitative estimate of drug-likeness (QED) is 0.499. The van der Waals surface area contributed by atoms with E-state index in [2.05, 4.69) is 16.3 Å². The van der Waals surface area contributed by atoms with Gasteiger partial charge in [-0.2, -0.15) is 13.2 Å². The molecule has 0 aliphatic carbocycles. The van der Waals surface area contributed by atoms with E-state index in [1.807, 2.05) is 49.5 Å². The lowest BCUT2D eigenvalue weighted by Gasteiger charge is -2.44. The summed E-state index contributed by atoms with van der Waals surface area (Å²) in [6.45, 7) is 0.451. The number of amides is 2. The number of benzene rings is 3. The van der Waals surface area contributed by atoms with Crippen LogP contribution in [0.2, 0.25) is 0 Å². The van der Waals surface area contributed by atoms with Crippen LogP contribution < -0.4 is 10.2 Å². The molecule has 2 aliphatic rings. The second-order valence-electron chi connectivity index (χ2n) is 9.10. The molecular weight excluding hydrogens is 455 g/mol. The van der Waals surface area contributed by atoms with Crippen molar-refractivity contribution in [1.29, 1.82) is 0 Å². The molecule has 2 amide bonds. The smallest absolute Gasteiger partial charge is 0.394 e. The number of aliphatic hydroxyl groups is 1. The van der Waals surface area contributed by atoms with E-state index >= 15 is 0 Å². The number of hydrogen-bond donors (Lipinski definition) is 2. The molecule has 182 valence electrons. The van der Waals surface area contributed by atoms with Gasteiger partial charge in [-0.1, -0.05) is 36.4 Å². The van der Waals surface area contributed by atoms with Crippen molar-refractivity contribution in [3.05, 3.63) is 83.9 Å². The summed E-state index contributed by atoms with van der Waals surface area (Å²) in [7, 11) is 1.96. The SMILES string of the molecule is CN1c2ccc(-c3ccccc3)cc2[C@@H]2[C@@H](CCN2C(=O)Nc2ccc(C(F)(F)F)cc2)[C@H]1CO. The molecule has 2 N–H and O–H groups in total. The summed E-state index contributed by atoms with van der Waals surface area (Å²) in [5.74, 6) is 0.0295. The van der Waals surface area contributed by atoms with Crippen LogP contribution in [0.15, 0.2) is 72.8 Å². The first-order valence-corrected chi connectivity index (χ1v) is 11.6. The van der Waals surface area contributed by atoms with Gasteiger partial charge in [0.15, 0.2) is 0 Å². The van der Waals surface area contributed by atoms with Gasteiger partial charge in [0.05, 0.1) is 24.3 Å². The Hall–Kier alpha value is -3.52. The fraction of sp³-hybridized carbons (Fsp3) is 0.296. The number of urea groups is 1. The normalized spacial score (nSPS) is 21.5. The topological polar surface area (TPSA) is 55.8 Å². The average molecular weight is 482 g/mol. The molecule has 3 aromatic rings. The van der Waals surface area contributed by atoms with E-state index in [-0.39, 0.29) is 30.6 Å². The highest BCUT2D eigenvalue weighted by Gasteiger charge is 2.47. The minimum atomic E-state index is -4.43. The van der Waals surface area contributed by atoms with Crippen LogP contribution >= 0.6 is 0 Å². The first-order valence-electron chi connectivity index (χ1n) is 11.6. The second-order valence-corrected chi connectivity index (χ2v) is 9.10. The molecule has 1 saturated heterocycles. The average Bonchev–Trinajstić information content (AvgIpc) is 3.30. The summed E-state index contributed by atoms with van der Waals surface area (Å²) in [6.07, 6.45) is -3.71. The summed E-state index contributed by atoms with van der Waals surface area (Å²) >= 11 is 0. The maximum absolute atomic E-state index is 13.3. The van der Waals surface area contributed by atoms with Crippen LogP contribution in [-0.4, -0.2) is 42.3 Å². The highest BCUT2D eigenvalue weighted by atomic mass is 19.4. The van der Waals surface area contributed by atoms with E-state index in [9.17, 15) is 23.1 Å². The molecule has 0 aromatic heterocycles. The van der Waals surface area contributed by atoms with Gasteiger partial charge in [0.2, 0.25) is 0 Å². The van der Waals surface area contributed by atoms with Crippen molar-refractivity contribution < 1.29 is 23.1 Å². The van der Waals surface area contributed by atoms with Crippen molar-refractivity contribution >= 4 is 17.4 Å². The van der Waals surface area contributed by atoms with Gasteiger partial charge in [-0.05, 0) is 59.5 Å². The Morgan fingerprint density at radius 2 is 1.74 bits per heavy atom. The Kier molecular flexibility index (Phi) is 5.92. The molecule has 1 fully saturated rings. The zero-order valence-electron chi connectivity index (χ0n) is 19.2. The molecule has 8 heteroatoms. The van der Waals surface area contributed by atoms with Gasteiger partial charge in [0.1, 0.15) is 0 Å². The molecular formula is C27H26F3N3O2. The molecule has 0 spiro atoms. The van der Waals surface area contributed by atoms with Crippen LogP contribution in [0.5, 0.6) is 0 Å². The Morgan fingerprint density at radius 1 is 1.03 bits per heavy atom. The second kappa shape index (κ2) is 8.92. The van der Waals surface area contributed by atoms with Gasteiger partial charge in [-0.3, -0.25) is 0 Å². The van der Waals surface area contributed by atoms with E-state index in [1.165, 1.54) is 12.1 Å². The third kappa shape index (κ3) is 4.23. The summed E-state index contributed by atoms with van der Waals surface area (Å²) in [4.78, 5) is 17.1. The van der Waals surface area contributed by atoms with Crippen LogP contribution in [0.1, 0.15) is 23.6 Å². The molecule has 0 bridgehead atoms. The highest BCUT2D eigenvalue weighted by molar-refractivity contribution is 5.90. The van der Waals surface area contributed by atoms with E-state index in [0.717, 1.165) is 40.9 Å². The molecule has 0 radical (unpaired) electrons. The van der Waals surface area contributed by atoms with Crippen molar-refractivity contribution in [3.8, 4) is 11.1 Å². The molecule has 5 nitrogen and oxygen atoms in total. The highest BCUT2D eigenvalue weighted by Crippen LogP contribution is 2.49. The van der Waals surface area contributed by atoms with Crippen molar-refractivity contribution in [2.75, 3.05) is 30.4 Å². The summed E-state index contributed by atoms with van der Waals surface area (Å²) < 4.78 is 38.7. The minimum Gasteiger partial charge on any atom is -0.394 e. The fourth-order valence-electron chi connectivity index (χ4n) is 5.43. The van der Waals surface area contributed by atoms with Gasteiger partial charge in [0.25, 0.3) is 0 Å². The molecule has 2 aliphatic heterocycles.